The molecule has 0 fully saturated rings. The summed E-state index contributed by atoms with van der Waals surface area (Å²) >= 11 is 8.70. The molecule has 6 heavy (non-hydrogen) atoms. The number of rotatable bonds is 0. The molecule has 0 bridgehead atoms. The zero-order valence-electron chi connectivity index (χ0n) is 3.02. The van der Waals surface area contributed by atoms with Crippen molar-refractivity contribution in [1.29, 1.82) is 0 Å². The van der Waals surface area contributed by atoms with Gasteiger partial charge in [-0.1, -0.05) is 14.4 Å². The predicted octanol–water partition coefficient (Wildman–Crippen LogP) is 1.51. The van der Waals surface area contributed by atoms with Crippen LogP contribution in [0.5, 0.6) is 0 Å². The van der Waals surface area contributed by atoms with E-state index >= 15 is 0 Å². The van der Waals surface area contributed by atoms with E-state index in [1.165, 1.54) is 0 Å². The average molecular weight is 173 g/mol. The van der Waals surface area contributed by atoms with Crippen LogP contribution in [-0.4, -0.2) is 4.20 Å². The van der Waals surface area contributed by atoms with Gasteiger partial charge in [-0.05, 0) is 0 Å². The van der Waals surface area contributed by atoms with Gasteiger partial charge in [0.1, 0.15) is 0 Å². The Morgan fingerprint density at radius 3 is 1.67 bits per heavy atom. The van der Waals surface area contributed by atoms with Gasteiger partial charge in [0.15, 0.2) is 0 Å². The van der Waals surface area contributed by atoms with E-state index in [9.17, 15) is 0 Å². The van der Waals surface area contributed by atoms with Gasteiger partial charge in [0.05, 0.1) is 0 Å². The average Bonchev–Trinajstić information content (AvgIpc) is 0.811. The second-order valence-electron chi connectivity index (χ2n) is 0.492. The standard InChI is InChI=1S/C2H4S2.CH4.Zn/c1-2(3)4;;/h1H3,(H,3,4);1H4;/p-1. The SMILES string of the molecule is C.CC(=S)[S-].[Zn]. The van der Waals surface area contributed by atoms with Crippen LogP contribution in [0.15, 0.2) is 0 Å². The fourth-order valence-corrected chi connectivity index (χ4v) is 0. The second kappa shape index (κ2) is 9.33. The van der Waals surface area contributed by atoms with E-state index in [2.05, 4.69) is 24.8 Å². The van der Waals surface area contributed by atoms with Gasteiger partial charge in [0, 0.05) is 19.5 Å². The number of hydrogen-bond donors (Lipinski definition) is 0. The summed E-state index contributed by atoms with van der Waals surface area (Å²) in [6.45, 7) is 1.71. The molecule has 0 spiro atoms. The van der Waals surface area contributed by atoms with Crippen molar-refractivity contribution >= 4 is 29.0 Å². The van der Waals surface area contributed by atoms with Crippen molar-refractivity contribution in [1.82, 2.24) is 0 Å². The molecule has 0 radical (unpaired) electrons. The van der Waals surface area contributed by atoms with Crippen LogP contribution in [-0.2, 0) is 32.1 Å². The van der Waals surface area contributed by atoms with Crippen molar-refractivity contribution in [2.24, 2.45) is 0 Å². The van der Waals surface area contributed by atoms with Crippen molar-refractivity contribution in [3.05, 3.63) is 0 Å². The van der Waals surface area contributed by atoms with Gasteiger partial charge in [0.2, 0.25) is 0 Å². The van der Waals surface area contributed by atoms with Crippen LogP contribution < -0.4 is 0 Å². The topological polar surface area (TPSA) is 0 Å². The summed E-state index contributed by atoms with van der Waals surface area (Å²) in [5, 5.41) is 0. The maximum atomic E-state index is 4.35. The molecule has 0 aromatic rings. The van der Waals surface area contributed by atoms with E-state index in [4.69, 9.17) is 0 Å². The molecule has 0 saturated heterocycles. The predicted molar refractivity (Wildman–Crippen MR) is 32.4 cm³/mol. The summed E-state index contributed by atoms with van der Waals surface area (Å²) in [6.07, 6.45) is 0. The van der Waals surface area contributed by atoms with Gasteiger partial charge in [-0.15, -0.1) is 0 Å². The van der Waals surface area contributed by atoms with Gasteiger partial charge >= 0.3 is 0 Å². The monoisotopic (exact) mass is 171 g/mol. The molecule has 0 aliphatic carbocycles. The van der Waals surface area contributed by atoms with E-state index in [-0.39, 0.29) is 26.9 Å². The van der Waals surface area contributed by atoms with Crippen LogP contribution in [0.2, 0.25) is 0 Å². The summed E-state index contributed by atoms with van der Waals surface area (Å²) in [5.74, 6) is 0. The van der Waals surface area contributed by atoms with Gasteiger partial charge in [-0.3, -0.25) is 0 Å². The van der Waals surface area contributed by atoms with Gasteiger partial charge in [-0.25, -0.2) is 0 Å². The molecule has 0 N–H and O–H groups in total. The van der Waals surface area contributed by atoms with Gasteiger partial charge in [-0.2, -0.15) is 4.20 Å². The van der Waals surface area contributed by atoms with Crippen molar-refractivity contribution in [3.8, 4) is 0 Å². The Morgan fingerprint density at radius 1 is 1.67 bits per heavy atom. The Hall–Kier alpha value is 0.933. The molecule has 0 aromatic carbocycles. The van der Waals surface area contributed by atoms with E-state index in [1.807, 2.05) is 0 Å². The molecule has 0 atom stereocenters. The van der Waals surface area contributed by atoms with Gasteiger partial charge < -0.3 is 24.8 Å². The van der Waals surface area contributed by atoms with Crippen molar-refractivity contribution < 1.29 is 19.5 Å². The van der Waals surface area contributed by atoms with Crippen LogP contribution in [0.3, 0.4) is 0 Å². The summed E-state index contributed by atoms with van der Waals surface area (Å²) < 4.78 is 0.583. The molecule has 0 aromatic heterocycles. The van der Waals surface area contributed by atoms with E-state index in [0.717, 1.165) is 0 Å². The molecule has 0 amide bonds. The van der Waals surface area contributed by atoms with E-state index in [1.54, 1.807) is 6.92 Å². The molecule has 0 rings (SSSR count). The molecule has 3 heteroatoms. The zero-order valence-corrected chi connectivity index (χ0v) is 7.62. The van der Waals surface area contributed by atoms with E-state index in [0.29, 0.717) is 4.20 Å². The molecule has 0 saturated carbocycles. The van der Waals surface area contributed by atoms with Crippen LogP contribution >= 0.6 is 12.2 Å². The maximum Gasteiger partial charge on any atom is 0 e. The Kier molecular flexibility index (Phi) is 24.5. The van der Waals surface area contributed by atoms with Crippen molar-refractivity contribution in [2.75, 3.05) is 0 Å². The smallest absolute Gasteiger partial charge is 0 e. The first kappa shape index (κ1) is 15.8. The Labute approximate surface area is 62.9 Å². The minimum absolute atomic E-state index is 0. The molecular formula is C3H7S2Zn-. The molecule has 0 unspecified atom stereocenters. The summed E-state index contributed by atoms with van der Waals surface area (Å²) in [5.41, 5.74) is 0. The normalized spacial score (nSPS) is 4.17. The third-order valence-corrected chi connectivity index (χ3v) is 0. The third kappa shape index (κ3) is 87.6. The molecule has 0 aliphatic rings. The molecule has 0 nitrogen and oxygen atoms in total. The second-order valence-corrected chi connectivity index (χ2v) is 1.97. The third-order valence-electron chi connectivity index (χ3n) is 0. The first-order valence-electron chi connectivity index (χ1n) is 0.908. The summed E-state index contributed by atoms with van der Waals surface area (Å²) in [4.78, 5) is 0. The van der Waals surface area contributed by atoms with Crippen LogP contribution in [0.1, 0.15) is 14.4 Å². The van der Waals surface area contributed by atoms with E-state index < -0.39 is 0 Å². The Bertz CT molecular complexity index is 31.8. The Balaban J connectivity index is -0.0000000450. The van der Waals surface area contributed by atoms with Gasteiger partial charge in [0.25, 0.3) is 0 Å². The van der Waals surface area contributed by atoms with Crippen molar-refractivity contribution in [3.63, 3.8) is 0 Å². The first-order valence-corrected chi connectivity index (χ1v) is 1.72. The zero-order chi connectivity index (χ0) is 3.58. The molecular weight excluding hydrogens is 166 g/mol. The molecule has 34 valence electrons. The fraction of sp³-hybridized carbons (Fsp3) is 0.667. The number of thiocarbonyl (C=S) groups is 1. The fourth-order valence-electron chi connectivity index (χ4n) is 0. The first-order chi connectivity index (χ1) is 1.73. The van der Waals surface area contributed by atoms with Crippen LogP contribution in [0.4, 0.5) is 0 Å². The minimum Gasteiger partial charge on any atom is -0.433 e. The summed E-state index contributed by atoms with van der Waals surface area (Å²) in [6, 6.07) is 0. The van der Waals surface area contributed by atoms with Crippen molar-refractivity contribution in [2.45, 2.75) is 14.4 Å². The number of hydrogen-bond acceptors (Lipinski definition) is 2. The molecule has 0 heterocycles. The summed E-state index contributed by atoms with van der Waals surface area (Å²) in [7, 11) is 0. The quantitative estimate of drug-likeness (QED) is 0.309. The largest absolute Gasteiger partial charge is 0.433 e. The molecule has 0 aliphatic heterocycles. The Morgan fingerprint density at radius 2 is 1.67 bits per heavy atom. The van der Waals surface area contributed by atoms with Crippen LogP contribution in [0.25, 0.3) is 0 Å². The van der Waals surface area contributed by atoms with Crippen LogP contribution in [0, 0.1) is 0 Å². The maximum absolute atomic E-state index is 4.35. The minimum atomic E-state index is 0.